The van der Waals surface area contributed by atoms with E-state index in [0.29, 0.717) is 16.8 Å². The number of nitrogens with zero attached hydrogens (tertiary/aromatic N) is 1. The Morgan fingerprint density at radius 1 is 0.941 bits per heavy atom. The first-order valence-corrected chi connectivity index (χ1v) is 5.34. The lowest BCUT2D eigenvalue weighted by Crippen LogP contribution is -2.22. The predicted molar refractivity (Wildman–Crippen MR) is 63.1 cm³/mol. The van der Waals surface area contributed by atoms with Crippen molar-refractivity contribution in [2.75, 3.05) is 0 Å². The number of fused-ring (bicyclic) bond motifs is 3. The van der Waals surface area contributed by atoms with Crippen molar-refractivity contribution in [1.82, 2.24) is 4.98 Å². The fourth-order valence-corrected chi connectivity index (χ4v) is 2.21. The highest BCUT2D eigenvalue weighted by molar-refractivity contribution is 6.53. The molecule has 0 saturated carbocycles. The van der Waals surface area contributed by atoms with Gasteiger partial charge < -0.3 is 0 Å². The van der Waals surface area contributed by atoms with Gasteiger partial charge in [0, 0.05) is 17.3 Å². The molecule has 0 fully saturated rings. The third-order valence-corrected chi connectivity index (χ3v) is 3.01. The summed E-state index contributed by atoms with van der Waals surface area (Å²) in [6, 6.07) is 8.85. The lowest BCUT2D eigenvalue weighted by molar-refractivity contribution is 0.0814. The van der Waals surface area contributed by atoms with Crippen LogP contribution in [0.4, 0.5) is 0 Å². The lowest BCUT2D eigenvalue weighted by Gasteiger charge is -2.17. The highest BCUT2D eigenvalue weighted by atomic mass is 16.2. The van der Waals surface area contributed by atoms with Gasteiger partial charge in [0.2, 0.25) is 11.6 Å². The summed E-state index contributed by atoms with van der Waals surface area (Å²) in [6.07, 6.45) is 1.63. The van der Waals surface area contributed by atoms with Crippen LogP contribution < -0.4 is 0 Å². The summed E-state index contributed by atoms with van der Waals surface area (Å²) in [5, 5.41) is 0. The molecule has 3 heteroatoms. The Kier molecular flexibility index (Phi) is 1.95. The molecule has 3 nitrogen and oxygen atoms in total. The van der Waals surface area contributed by atoms with Crippen LogP contribution in [0, 0.1) is 6.92 Å². The molecule has 0 atom stereocenters. The Morgan fingerprint density at radius 2 is 1.71 bits per heavy atom. The van der Waals surface area contributed by atoms with Crippen LogP contribution in [0.1, 0.15) is 26.3 Å². The average Bonchev–Trinajstić information content (AvgIpc) is 2.36. The highest BCUT2D eigenvalue weighted by Gasteiger charge is 2.31. The van der Waals surface area contributed by atoms with Gasteiger partial charge in [0.25, 0.3) is 0 Å². The average molecular weight is 223 g/mol. The van der Waals surface area contributed by atoms with Gasteiger partial charge in [-0.2, -0.15) is 0 Å². The summed E-state index contributed by atoms with van der Waals surface area (Å²) in [7, 11) is 0. The van der Waals surface area contributed by atoms with Gasteiger partial charge in [-0.15, -0.1) is 0 Å². The molecular weight excluding hydrogens is 214 g/mol. The van der Waals surface area contributed by atoms with E-state index >= 15 is 0 Å². The maximum absolute atomic E-state index is 12.0. The normalized spacial score (nSPS) is 13.2. The first kappa shape index (κ1) is 9.90. The van der Waals surface area contributed by atoms with Gasteiger partial charge in [0.1, 0.15) is 0 Å². The molecule has 0 unspecified atom stereocenters. The number of pyridine rings is 1. The van der Waals surface area contributed by atoms with Crippen LogP contribution in [0.3, 0.4) is 0 Å². The smallest absolute Gasteiger partial charge is 0.235 e. The van der Waals surface area contributed by atoms with Gasteiger partial charge in [-0.3, -0.25) is 14.6 Å². The zero-order valence-electron chi connectivity index (χ0n) is 9.23. The van der Waals surface area contributed by atoms with Gasteiger partial charge in [0.05, 0.1) is 11.3 Å². The van der Waals surface area contributed by atoms with Gasteiger partial charge in [-0.05, 0) is 24.6 Å². The minimum atomic E-state index is -0.463. The third-order valence-electron chi connectivity index (χ3n) is 3.01. The molecule has 17 heavy (non-hydrogen) atoms. The predicted octanol–water partition coefficient (Wildman–Crippen LogP) is 2.44. The molecule has 1 aromatic carbocycles. The number of aromatic nitrogens is 1. The van der Waals surface area contributed by atoms with Crippen molar-refractivity contribution in [2.24, 2.45) is 0 Å². The van der Waals surface area contributed by atoms with E-state index in [4.69, 9.17) is 0 Å². The van der Waals surface area contributed by atoms with Crippen LogP contribution in [0.25, 0.3) is 11.3 Å². The zero-order chi connectivity index (χ0) is 12.0. The van der Waals surface area contributed by atoms with E-state index in [1.54, 1.807) is 18.3 Å². The maximum atomic E-state index is 12.0. The minimum Gasteiger partial charge on any atom is -0.285 e. The fraction of sp³-hybridized carbons (Fsp3) is 0.0714. The Morgan fingerprint density at radius 3 is 2.53 bits per heavy atom. The van der Waals surface area contributed by atoms with Crippen molar-refractivity contribution in [3.8, 4) is 11.3 Å². The van der Waals surface area contributed by atoms with E-state index in [0.717, 1.165) is 11.1 Å². The van der Waals surface area contributed by atoms with Crippen molar-refractivity contribution in [2.45, 2.75) is 6.92 Å². The van der Waals surface area contributed by atoms with Crippen molar-refractivity contribution >= 4 is 11.6 Å². The van der Waals surface area contributed by atoms with Gasteiger partial charge in [-0.25, -0.2) is 0 Å². The molecule has 3 rings (SSSR count). The van der Waals surface area contributed by atoms with Crippen LogP contribution in [0.15, 0.2) is 36.5 Å². The lowest BCUT2D eigenvalue weighted by atomic mass is 9.85. The Balaban J connectivity index is 2.44. The van der Waals surface area contributed by atoms with Crippen molar-refractivity contribution in [1.29, 1.82) is 0 Å². The van der Waals surface area contributed by atoms with Crippen LogP contribution >= 0.6 is 0 Å². The number of rotatable bonds is 0. The standard InChI is InChI=1S/C14H9NO2/c1-8-4-2-5-9-11(8)14(17)13(16)10-6-3-7-15-12(9)10/h2-7H,1H3. The van der Waals surface area contributed by atoms with E-state index in [1.165, 1.54) is 0 Å². The number of aryl methyl sites for hydroxylation is 1. The molecule has 0 saturated heterocycles. The second-order valence-electron chi connectivity index (χ2n) is 4.06. The number of hydrogen-bond acceptors (Lipinski definition) is 3. The van der Waals surface area contributed by atoms with E-state index in [-0.39, 0.29) is 0 Å². The molecule has 82 valence electrons. The van der Waals surface area contributed by atoms with Crippen LogP contribution in [-0.2, 0) is 0 Å². The summed E-state index contributed by atoms with van der Waals surface area (Å²) in [6.45, 7) is 1.83. The maximum Gasteiger partial charge on any atom is 0.235 e. The van der Waals surface area contributed by atoms with Gasteiger partial charge in [0.15, 0.2) is 0 Å². The number of carbonyl (C=O) groups is 2. The molecule has 0 aliphatic heterocycles. The van der Waals surface area contributed by atoms with Crippen molar-refractivity contribution in [3.63, 3.8) is 0 Å². The van der Waals surface area contributed by atoms with Gasteiger partial charge >= 0.3 is 0 Å². The monoisotopic (exact) mass is 223 g/mol. The zero-order valence-corrected chi connectivity index (χ0v) is 9.23. The van der Waals surface area contributed by atoms with E-state index in [9.17, 15) is 9.59 Å². The molecular formula is C14H9NO2. The van der Waals surface area contributed by atoms with Crippen LogP contribution in [-0.4, -0.2) is 16.6 Å². The molecule has 0 bridgehead atoms. The molecule has 0 spiro atoms. The molecule has 1 aromatic heterocycles. The number of carbonyl (C=O) groups excluding carboxylic acids is 2. The van der Waals surface area contributed by atoms with Gasteiger partial charge in [-0.1, -0.05) is 18.2 Å². The Bertz CT molecular complexity index is 659. The van der Waals surface area contributed by atoms with E-state index < -0.39 is 11.6 Å². The third kappa shape index (κ3) is 1.25. The van der Waals surface area contributed by atoms with Crippen molar-refractivity contribution in [3.05, 3.63) is 53.2 Å². The SMILES string of the molecule is Cc1cccc2c1C(=O)C(=O)c1cccnc1-2. The Hall–Kier alpha value is -2.29. The molecule has 1 heterocycles. The van der Waals surface area contributed by atoms with Crippen LogP contribution in [0.2, 0.25) is 0 Å². The molecule has 0 N–H and O–H groups in total. The number of benzene rings is 1. The number of ketones is 2. The quantitative estimate of drug-likeness (QED) is 0.644. The molecule has 1 aliphatic rings. The molecule has 0 amide bonds. The number of Topliss-reactive ketones (excluding diaryl/α,β-unsaturated/α-hetero) is 2. The topological polar surface area (TPSA) is 47.0 Å². The Labute approximate surface area is 98.1 Å². The molecule has 2 aromatic rings. The summed E-state index contributed by atoms with van der Waals surface area (Å²) >= 11 is 0. The molecule has 1 aliphatic carbocycles. The fourth-order valence-electron chi connectivity index (χ4n) is 2.21. The minimum absolute atomic E-state index is 0.399. The summed E-state index contributed by atoms with van der Waals surface area (Å²) in [5.74, 6) is -0.895. The summed E-state index contributed by atoms with van der Waals surface area (Å²) in [4.78, 5) is 28.2. The highest BCUT2D eigenvalue weighted by Crippen LogP contribution is 2.32. The second kappa shape index (κ2) is 3.35. The first-order chi connectivity index (χ1) is 8.20. The van der Waals surface area contributed by atoms with E-state index in [1.807, 2.05) is 25.1 Å². The second-order valence-corrected chi connectivity index (χ2v) is 4.06. The molecule has 0 radical (unpaired) electrons. The first-order valence-electron chi connectivity index (χ1n) is 5.34. The van der Waals surface area contributed by atoms with Crippen LogP contribution in [0.5, 0.6) is 0 Å². The largest absolute Gasteiger partial charge is 0.285 e. The summed E-state index contributed by atoms with van der Waals surface area (Å²) in [5.41, 5.74) is 3.07. The van der Waals surface area contributed by atoms with E-state index in [2.05, 4.69) is 4.98 Å². The van der Waals surface area contributed by atoms with Crippen molar-refractivity contribution < 1.29 is 9.59 Å². The summed E-state index contributed by atoms with van der Waals surface area (Å²) < 4.78 is 0. The number of hydrogen-bond donors (Lipinski definition) is 0.